The van der Waals surface area contributed by atoms with Gasteiger partial charge in [-0.15, -0.1) is 0 Å². The standard InChI is InChI=1S/C12H16O3/c1-8(2)7-15-11-6-4-5-10(9(11)3)12(13)14/h4-6,8H,7H2,1-3H3,(H,13,14). The van der Waals surface area contributed by atoms with E-state index in [0.29, 0.717) is 29.4 Å². The van der Waals surface area contributed by atoms with Crippen molar-refractivity contribution >= 4 is 5.97 Å². The van der Waals surface area contributed by atoms with Crippen LogP contribution in [0.1, 0.15) is 29.8 Å². The van der Waals surface area contributed by atoms with Gasteiger partial charge in [-0.2, -0.15) is 0 Å². The molecule has 1 aromatic carbocycles. The number of hydrogen-bond acceptors (Lipinski definition) is 2. The number of hydrogen-bond donors (Lipinski definition) is 1. The second kappa shape index (κ2) is 4.82. The lowest BCUT2D eigenvalue weighted by Crippen LogP contribution is -2.07. The highest BCUT2D eigenvalue weighted by atomic mass is 16.5. The van der Waals surface area contributed by atoms with Gasteiger partial charge in [0.05, 0.1) is 12.2 Å². The Morgan fingerprint density at radius 2 is 2.13 bits per heavy atom. The quantitative estimate of drug-likeness (QED) is 0.827. The summed E-state index contributed by atoms with van der Waals surface area (Å²) >= 11 is 0. The Morgan fingerprint density at radius 1 is 1.47 bits per heavy atom. The Kier molecular flexibility index (Phi) is 3.72. The minimum atomic E-state index is -0.914. The molecular weight excluding hydrogens is 192 g/mol. The molecule has 0 saturated carbocycles. The minimum absolute atomic E-state index is 0.302. The molecule has 0 aliphatic heterocycles. The highest BCUT2D eigenvalue weighted by Crippen LogP contribution is 2.21. The summed E-state index contributed by atoms with van der Waals surface area (Å²) in [6.45, 7) is 6.47. The molecule has 3 heteroatoms. The fourth-order valence-corrected chi connectivity index (χ4v) is 1.26. The van der Waals surface area contributed by atoms with Crippen LogP contribution in [-0.2, 0) is 0 Å². The molecule has 0 spiro atoms. The first-order chi connectivity index (χ1) is 7.02. The lowest BCUT2D eigenvalue weighted by molar-refractivity contribution is 0.0695. The predicted octanol–water partition coefficient (Wildman–Crippen LogP) is 2.73. The van der Waals surface area contributed by atoms with Crippen molar-refractivity contribution < 1.29 is 14.6 Å². The van der Waals surface area contributed by atoms with Crippen molar-refractivity contribution in [2.24, 2.45) is 5.92 Å². The highest BCUT2D eigenvalue weighted by molar-refractivity contribution is 5.90. The van der Waals surface area contributed by atoms with Gasteiger partial charge in [0.1, 0.15) is 5.75 Å². The van der Waals surface area contributed by atoms with Crippen molar-refractivity contribution in [2.75, 3.05) is 6.61 Å². The second-order valence-corrected chi connectivity index (χ2v) is 3.94. The molecule has 0 aliphatic rings. The number of carbonyl (C=O) groups is 1. The molecule has 3 nitrogen and oxygen atoms in total. The maximum Gasteiger partial charge on any atom is 0.336 e. The predicted molar refractivity (Wildman–Crippen MR) is 58.5 cm³/mol. The third-order valence-electron chi connectivity index (χ3n) is 2.09. The van der Waals surface area contributed by atoms with Crippen LogP contribution in [-0.4, -0.2) is 17.7 Å². The van der Waals surface area contributed by atoms with E-state index >= 15 is 0 Å². The Morgan fingerprint density at radius 3 is 2.67 bits per heavy atom. The van der Waals surface area contributed by atoms with Crippen molar-refractivity contribution in [3.05, 3.63) is 29.3 Å². The second-order valence-electron chi connectivity index (χ2n) is 3.94. The van der Waals surface area contributed by atoms with E-state index in [1.54, 1.807) is 25.1 Å². The molecule has 0 atom stereocenters. The maximum absolute atomic E-state index is 10.9. The average Bonchev–Trinajstić information content (AvgIpc) is 2.15. The third-order valence-corrected chi connectivity index (χ3v) is 2.09. The molecule has 0 bridgehead atoms. The first-order valence-corrected chi connectivity index (χ1v) is 4.98. The van der Waals surface area contributed by atoms with E-state index in [2.05, 4.69) is 13.8 Å². The van der Waals surface area contributed by atoms with Crippen LogP contribution < -0.4 is 4.74 Å². The van der Waals surface area contributed by atoms with E-state index in [0.717, 1.165) is 0 Å². The van der Waals surface area contributed by atoms with Crippen LogP contribution in [0.4, 0.5) is 0 Å². The molecule has 0 amide bonds. The largest absolute Gasteiger partial charge is 0.493 e. The van der Waals surface area contributed by atoms with Crippen molar-refractivity contribution in [3.63, 3.8) is 0 Å². The van der Waals surface area contributed by atoms with Crippen molar-refractivity contribution in [3.8, 4) is 5.75 Å². The Labute approximate surface area is 89.7 Å². The normalized spacial score (nSPS) is 10.4. The molecule has 1 N–H and O–H groups in total. The molecule has 0 unspecified atom stereocenters. The number of carboxylic acids is 1. The summed E-state index contributed by atoms with van der Waals surface area (Å²) in [4.78, 5) is 10.9. The van der Waals surface area contributed by atoms with Crippen LogP contribution in [0.5, 0.6) is 5.75 Å². The van der Waals surface area contributed by atoms with E-state index in [1.807, 2.05) is 0 Å². The first-order valence-electron chi connectivity index (χ1n) is 4.98. The molecule has 1 rings (SSSR count). The Balaban J connectivity index is 2.89. The number of ether oxygens (including phenoxy) is 1. The molecule has 0 saturated heterocycles. The lowest BCUT2D eigenvalue weighted by atomic mass is 10.1. The fraction of sp³-hybridized carbons (Fsp3) is 0.417. The van der Waals surface area contributed by atoms with Crippen molar-refractivity contribution in [1.82, 2.24) is 0 Å². The first kappa shape index (κ1) is 11.6. The summed E-state index contributed by atoms with van der Waals surface area (Å²) in [6.07, 6.45) is 0. The van der Waals surface area contributed by atoms with Gasteiger partial charge in [0.25, 0.3) is 0 Å². The fourth-order valence-electron chi connectivity index (χ4n) is 1.26. The van der Waals surface area contributed by atoms with Crippen LogP contribution in [0.15, 0.2) is 18.2 Å². The zero-order valence-corrected chi connectivity index (χ0v) is 9.28. The van der Waals surface area contributed by atoms with Gasteiger partial charge in [0.2, 0.25) is 0 Å². The zero-order valence-electron chi connectivity index (χ0n) is 9.28. The number of carboxylic acid groups (broad SMARTS) is 1. The summed E-state index contributed by atoms with van der Waals surface area (Å²) in [7, 11) is 0. The summed E-state index contributed by atoms with van der Waals surface area (Å²) in [5.41, 5.74) is 0.988. The minimum Gasteiger partial charge on any atom is -0.493 e. The van der Waals surface area contributed by atoms with Gasteiger partial charge in [-0.05, 0) is 25.0 Å². The van der Waals surface area contributed by atoms with Crippen molar-refractivity contribution in [1.29, 1.82) is 0 Å². The summed E-state index contributed by atoms with van der Waals surface area (Å²) in [5.74, 6) is 0.170. The zero-order chi connectivity index (χ0) is 11.4. The Hall–Kier alpha value is -1.51. The van der Waals surface area contributed by atoms with E-state index < -0.39 is 5.97 Å². The average molecular weight is 208 g/mol. The van der Waals surface area contributed by atoms with E-state index in [9.17, 15) is 4.79 Å². The van der Waals surface area contributed by atoms with E-state index in [-0.39, 0.29) is 0 Å². The molecule has 0 radical (unpaired) electrons. The van der Waals surface area contributed by atoms with Gasteiger partial charge >= 0.3 is 5.97 Å². The molecular formula is C12H16O3. The van der Waals surface area contributed by atoms with Gasteiger partial charge < -0.3 is 9.84 Å². The third kappa shape index (κ3) is 2.98. The Bertz CT molecular complexity index is 356. The molecule has 82 valence electrons. The summed E-state index contributed by atoms with van der Waals surface area (Å²) in [5, 5.41) is 8.91. The lowest BCUT2D eigenvalue weighted by Gasteiger charge is -2.12. The van der Waals surface area contributed by atoms with Crippen LogP contribution >= 0.6 is 0 Å². The van der Waals surface area contributed by atoms with Crippen molar-refractivity contribution in [2.45, 2.75) is 20.8 Å². The molecule has 0 heterocycles. The molecule has 15 heavy (non-hydrogen) atoms. The summed E-state index contributed by atoms with van der Waals surface area (Å²) < 4.78 is 5.53. The van der Waals surface area contributed by atoms with Crippen LogP contribution in [0.2, 0.25) is 0 Å². The molecule has 1 aromatic rings. The van der Waals surface area contributed by atoms with E-state index in [1.165, 1.54) is 0 Å². The highest BCUT2D eigenvalue weighted by Gasteiger charge is 2.10. The maximum atomic E-state index is 10.9. The molecule has 0 aliphatic carbocycles. The number of benzene rings is 1. The van der Waals surface area contributed by atoms with Crippen LogP contribution in [0.3, 0.4) is 0 Å². The van der Waals surface area contributed by atoms with Gasteiger partial charge in [0.15, 0.2) is 0 Å². The van der Waals surface area contributed by atoms with Gasteiger partial charge in [-0.3, -0.25) is 0 Å². The summed E-state index contributed by atoms with van der Waals surface area (Å²) in [6, 6.07) is 5.08. The van der Waals surface area contributed by atoms with Crippen LogP contribution in [0, 0.1) is 12.8 Å². The monoisotopic (exact) mass is 208 g/mol. The van der Waals surface area contributed by atoms with E-state index in [4.69, 9.17) is 9.84 Å². The topological polar surface area (TPSA) is 46.5 Å². The number of aromatic carboxylic acids is 1. The van der Waals surface area contributed by atoms with Gasteiger partial charge in [-0.25, -0.2) is 4.79 Å². The molecule has 0 fully saturated rings. The van der Waals surface area contributed by atoms with Crippen LogP contribution in [0.25, 0.3) is 0 Å². The SMILES string of the molecule is Cc1c(OCC(C)C)cccc1C(=O)O. The van der Waals surface area contributed by atoms with Gasteiger partial charge in [0, 0.05) is 5.56 Å². The number of rotatable bonds is 4. The van der Waals surface area contributed by atoms with Gasteiger partial charge in [-0.1, -0.05) is 19.9 Å². The smallest absolute Gasteiger partial charge is 0.336 e. The molecule has 0 aromatic heterocycles.